The molecule has 104 valence electrons. The van der Waals surface area contributed by atoms with Crippen LogP contribution in [0.2, 0.25) is 0 Å². The van der Waals surface area contributed by atoms with Crippen LogP contribution in [0.1, 0.15) is 12.5 Å². The summed E-state index contributed by atoms with van der Waals surface area (Å²) in [5, 5.41) is 1.29. The van der Waals surface area contributed by atoms with E-state index in [1.54, 1.807) is 0 Å². The van der Waals surface area contributed by atoms with E-state index in [4.69, 9.17) is 0 Å². The summed E-state index contributed by atoms with van der Waals surface area (Å²) in [5.74, 6) is 0. The highest BCUT2D eigenvalue weighted by atomic mass is 31.0. The first kappa shape index (κ1) is 14.0. The zero-order valence-electron chi connectivity index (χ0n) is 12.2. The summed E-state index contributed by atoms with van der Waals surface area (Å²) in [6.07, 6.45) is 1.03. The van der Waals surface area contributed by atoms with Crippen molar-refractivity contribution in [2.45, 2.75) is 13.3 Å². The second-order valence-electron chi connectivity index (χ2n) is 5.14. The van der Waals surface area contributed by atoms with Crippen LogP contribution in [0, 0.1) is 0 Å². The molecule has 21 heavy (non-hydrogen) atoms. The predicted octanol–water partition coefficient (Wildman–Crippen LogP) is 5.08. The first-order valence-electron chi connectivity index (χ1n) is 7.33. The lowest BCUT2D eigenvalue weighted by atomic mass is 9.89. The van der Waals surface area contributed by atoms with Crippen molar-refractivity contribution in [2.75, 3.05) is 0 Å². The van der Waals surface area contributed by atoms with Crippen LogP contribution < -0.4 is 5.30 Å². The lowest BCUT2D eigenvalue weighted by Crippen LogP contribution is -2.04. The van der Waals surface area contributed by atoms with Crippen molar-refractivity contribution in [3.05, 3.63) is 78.4 Å². The van der Waals surface area contributed by atoms with Gasteiger partial charge in [0.25, 0.3) is 0 Å². The van der Waals surface area contributed by atoms with Crippen molar-refractivity contribution in [1.82, 2.24) is 0 Å². The number of hydrogen-bond acceptors (Lipinski definition) is 0. The third-order valence-corrected chi connectivity index (χ3v) is 4.39. The molecule has 0 bridgehead atoms. The second-order valence-corrected chi connectivity index (χ2v) is 5.76. The minimum absolute atomic E-state index is 1.03. The quantitative estimate of drug-likeness (QED) is 0.590. The molecule has 0 N–H and O–H groups in total. The van der Waals surface area contributed by atoms with Crippen molar-refractivity contribution in [3.8, 4) is 22.3 Å². The highest BCUT2D eigenvalue weighted by molar-refractivity contribution is 7.27. The molecule has 0 fully saturated rings. The van der Waals surface area contributed by atoms with E-state index < -0.39 is 0 Å². The molecule has 0 spiro atoms. The van der Waals surface area contributed by atoms with E-state index in [0.29, 0.717) is 0 Å². The van der Waals surface area contributed by atoms with Gasteiger partial charge in [-0.1, -0.05) is 79.7 Å². The van der Waals surface area contributed by atoms with Gasteiger partial charge >= 0.3 is 0 Å². The maximum atomic E-state index is 2.88. The van der Waals surface area contributed by atoms with Crippen LogP contribution in [0.15, 0.2) is 72.8 Å². The number of rotatable bonds is 3. The van der Waals surface area contributed by atoms with Gasteiger partial charge in [-0.05, 0) is 39.5 Å². The van der Waals surface area contributed by atoms with Crippen molar-refractivity contribution >= 4 is 14.5 Å². The Kier molecular flexibility index (Phi) is 4.18. The van der Waals surface area contributed by atoms with Gasteiger partial charge in [0.05, 0.1) is 0 Å². The summed E-state index contributed by atoms with van der Waals surface area (Å²) >= 11 is 0. The third-order valence-electron chi connectivity index (χ3n) is 3.85. The highest BCUT2D eigenvalue weighted by Gasteiger charge is 2.13. The number of hydrogen-bond donors (Lipinski definition) is 0. The summed E-state index contributed by atoms with van der Waals surface area (Å²) in [7, 11) is 2.88. The molecule has 3 aromatic carbocycles. The third kappa shape index (κ3) is 2.77. The Morgan fingerprint density at radius 3 is 1.86 bits per heavy atom. The molecule has 3 aromatic rings. The molecule has 0 aliphatic carbocycles. The molecule has 3 rings (SSSR count). The van der Waals surface area contributed by atoms with Crippen LogP contribution in [-0.4, -0.2) is 0 Å². The van der Waals surface area contributed by atoms with Crippen molar-refractivity contribution in [1.29, 1.82) is 0 Å². The molecule has 0 aliphatic rings. The Morgan fingerprint density at radius 2 is 1.29 bits per heavy atom. The molecular weight excluding hydrogens is 271 g/mol. The molecule has 0 heterocycles. The molecule has 0 aromatic heterocycles. The molecule has 0 aliphatic heterocycles. The van der Waals surface area contributed by atoms with E-state index in [1.165, 1.54) is 33.1 Å². The van der Waals surface area contributed by atoms with Crippen LogP contribution in [0.25, 0.3) is 22.3 Å². The average molecular weight is 290 g/mol. The summed E-state index contributed by atoms with van der Waals surface area (Å²) in [6, 6.07) is 25.8. The highest BCUT2D eigenvalue weighted by Crippen LogP contribution is 2.35. The fourth-order valence-electron chi connectivity index (χ4n) is 2.84. The summed E-state index contributed by atoms with van der Waals surface area (Å²) in [5.41, 5.74) is 6.64. The Bertz CT molecular complexity index is 731. The van der Waals surface area contributed by atoms with Gasteiger partial charge in [-0.15, -0.1) is 9.24 Å². The molecule has 1 heteroatoms. The molecule has 0 nitrogen and oxygen atoms in total. The van der Waals surface area contributed by atoms with Crippen LogP contribution in [0.5, 0.6) is 0 Å². The maximum Gasteiger partial charge on any atom is -0.00672 e. The molecule has 0 amide bonds. The molecule has 1 atom stereocenters. The zero-order chi connectivity index (χ0) is 14.7. The number of benzene rings is 3. The van der Waals surface area contributed by atoms with E-state index in [-0.39, 0.29) is 0 Å². The van der Waals surface area contributed by atoms with Crippen molar-refractivity contribution < 1.29 is 0 Å². The fourth-order valence-corrected chi connectivity index (χ4v) is 3.28. The minimum Gasteiger partial charge on any atom is -0.105 e. The fraction of sp³-hybridized carbons (Fsp3) is 0.100. The topological polar surface area (TPSA) is 0 Å². The van der Waals surface area contributed by atoms with Gasteiger partial charge in [-0.2, -0.15) is 0 Å². The molecule has 0 radical (unpaired) electrons. The van der Waals surface area contributed by atoms with Crippen molar-refractivity contribution in [2.24, 2.45) is 0 Å². The first-order chi connectivity index (χ1) is 10.3. The summed E-state index contributed by atoms with van der Waals surface area (Å²) in [6.45, 7) is 2.23. The van der Waals surface area contributed by atoms with Crippen LogP contribution >= 0.6 is 9.24 Å². The Hall–Kier alpha value is -1.91. The van der Waals surface area contributed by atoms with Gasteiger partial charge < -0.3 is 0 Å². The van der Waals surface area contributed by atoms with E-state index in [2.05, 4.69) is 89.0 Å². The van der Waals surface area contributed by atoms with Crippen molar-refractivity contribution in [3.63, 3.8) is 0 Å². The van der Waals surface area contributed by atoms with E-state index >= 15 is 0 Å². The monoisotopic (exact) mass is 290 g/mol. The van der Waals surface area contributed by atoms with E-state index in [9.17, 15) is 0 Å². The van der Waals surface area contributed by atoms with Gasteiger partial charge in [-0.3, -0.25) is 0 Å². The van der Waals surface area contributed by atoms with Gasteiger partial charge in [0.1, 0.15) is 0 Å². The van der Waals surface area contributed by atoms with Gasteiger partial charge in [0.2, 0.25) is 0 Å². The average Bonchev–Trinajstić information content (AvgIpc) is 2.56. The van der Waals surface area contributed by atoms with Gasteiger partial charge in [0, 0.05) is 0 Å². The molecule has 0 saturated carbocycles. The standard InChI is InChI=1S/C20H19P/c1-2-17-19(21)14-13-18(15-9-5-3-6-10-15)20(17)16-11-7-4-8-12-16/h3-14H,2,21H2,1H3. The first-order valence-corrected chi connectivity index (χ1v) is 7.91. The smallest absolute Gasteiger partial charge is 0.00672 e. The van der Waals surface area contributed by atoms with E-state index in [1.807, 2.05) is 0 Å². The molecular formula is C20H19P. The van der Waals surface area contributed by atoms with Gasteiger partial charge in [-0.25, -0.2) is 0 Å². The normalized spacial score (nSPS) is 10.6. The summed E-state index contributed by atoms with van der Waals surface area (Å²) < 4.78 is 0. The summed E-state index contributed by atoms with van der Waals surface area (Å²) in [4.78, 5) is 0. The van der Waals surface area contributed by atoms with Crippen LogP contribution in [0.3, 0.4) is 0 Å². The lowest BCUT2D eigenvalue weighted by Gasteiger charge is -2.17. The zero-order valence-corrected chi connectivity index (χ0v) is 13.4. The lowest BCUT2D eigenvalue weighted by molar-refractivity contribution is 1.16. The van der Waals surface area contributed by atoms with Gasteiger partial charge in [0.15, 0.2) is 0 Å². The van der Waals surface area contributed by atoms with Crippen LogP contribution in [-0.2, 0) is 6.42 Å². The Morgan fingerprint density at radius 1 is 0.714 bits per heavy atom. The van der Waals surface area contributed by atoms with E-state index in [0.717, 1.165) is 6.42 Å². The Balaban J connectivity index is 2.31. The Labute approximate surface area is 129 Å². The maximum absolute atomic E-state index is 2.88. The largest absolute Gasteiger partial charge is 0.105 e. The predicted molar refractivity (Wildman–Crippen MR) is 96.0 cm³/mol. The second kappa shape index (κ2) is 6.24. The molecule has 0 saturated heterocycles. The SMILES string of the molecule is CCc1c(P)ccc(-c2ccccc2)c1-c1ccccc1. The molecule has 1 unspecified atom stereocenters. The minimum atomic E-state index is 1.03. The van der Waals surface area contributed by atoms with Crippen LogP contribution in [0.4, 0.5) is 0 Å².